The van der Waals surface area contributed by atoms with E-state index in [9.17, 15) is 14.7 Å². The van der Waals surface area contributed by atoms with Crippen molar-refractivity contribution in [2.45, 2.75) is 25.9 Å². The van der Waals surface area contributed by atoms with E-state index in [0.717, 1.165) is 5.56 Å². The molecule has 1 aromatic carbocycles. The minimum Gasteiger partial charge on any atom is -0.481 e. The summed E-state index contributed by atoms with van der Waals surface area (Å²) < 4.78 is 5.48. The maximum atomic E-state index is 12.8. The Morgan fingerprint density at radius 1 is 1.19 bits per heavy atom. The number of nitrogens with zero attached hydrogens (tertiary/aromatic N) is 2. The summed E-state index contributed by atoms with van der Waals surface area (Å²) in [6.07, 6.45) is 1.46. The number of pyridine rings is 1. The Bertz CT molecular complexity index is 821. The number of amides is 1. The molecule has 0 spiro atoms. The fraction of sp³-hybridized carbons (Fsp3) is 0.350. The fourth-order valence-corrected chi connectivity index (χ4v) is 3.39. The molecule has 3 rings (SSSR count). The average Bonchev–Trinajstić information content (AvgIpc) is 3.07. The van der Waals surface area contributed by atoms with Gasteiger partial charge < -0.3 is 14.7 Å². The van der Waals surface area contributed by atoms with Gasteiger partial charge >= 0.3 is 5.97 Å². The van der Waals surface area contributed by atoms with Gasteiger partial charge in [0.2, 0.25) is 5.88 Å². The molecular weight excluding hydrogens is 368 g/mol. The molecule has 7 heteroatoms. The number of carboxylic acids is 1. The number of carbonyl (C=O) groups excluding carboxylic acids is 1. The molecular formula is C20H21ClN2O4. The van der Waals surface area contributed by atoms with Gasteiger partial charge in [-0.2, -0.15) is 0 Å². The van der Waals surface area contributed by atoms with Crippen molar-refractivity contribution in [3.63, 3.8) is 0 Å². The van der Waals surface area contributed by atoms with Gasteiger partial charge in [0.05, 0.1) is 17.6 Å². The summed E-state index contributed by atoms with van der Waals surface area (Å²) in [5.41, 5.74) is 1.27. The first kappa shape index (κ1) is 19.2. The van der Waals surface area contributed by atoms with Crippen molar-refractivity contribution in [2.75, 3.05) is 13.1 Å². The number of hydrogen-bond acceptors (Lipinski definition) is 4. The summed E-state index contributed by atoms with van der Waals surface area (Å²) in [6.45, 7) is 4.29. The van der Waals surface area contributed by atoms with E-state index < -0.39 is 11.9 Å². The molecule has 1 aromatic heterocycles. The van der Waals surface area contributed by atoms with Gasteiger partial charge in [0, 0.05) is 36.3 Å². The largest absolute Gasteiger partial charge is 0.481 e. The van der Waals surface area contributed by atoms with E-state index in [0.29, 0.717) is 23.0 Å². The van der Waals surface area contributed by atoms with E-state index in [4.69, 9.17) is 16.3 Å². The number of benzene rings is 1. The van der Waals surface area contributed by atoms with Gasteiger partial charge in [0.1, 0.15) is 0 Å². The quantitative estimate of drug-likeness (QED) is 0.848. The first-order chi connectivity index (χ1) is 12.8. The second-order valence-electron chi connectivity index (χ2n) is 6.86. The first-order valence-corrected chi connectivity index (χ1v) is 9.13. The van der Waals surface area contributed by atoms with Gasteiger partial charge in [-0.1, -0.05) is 23.7 Å². The summed E-state index contributed by atoms with van der Waals surface area (Å²) in [6, 6.07) is 10.4. The van der Waals surface area contributed by atoms with Crippen molar-refractivity contribution < 1.29 is 19.4 Å². The van der Waals surface area contributed by atoms with E-state index in [-0.39, 0.29) is 24.5 Å². The number of likely N-dealkylation sites (tertiary alicyclic amines) is 1. The molecule has 1 aliphatic rings. The van der Waals surface area contributed by atoms with Crippen molar-refractivity contribution in [2.24, 2.45) is 5.92 Å². The maximum Gasteiger partial charge on any atom is 0.308 e. The molecule has 1 N–H and O–H groups in total. The average molecular weight is 389 g/mol. The zero-order valence-electron chi connectivity index (χ0n) is 15.1. The highest BCUT2D eigenvalue weighted by Crippen LogP contribution is 2.34. The number of rotatable bonds is 5. The highest BCUT2D eigenvalue weighted by Gasteiger charge is 2.40. The topological polar surface area (TPSA) is 79.7 Å². The van der Waals surface area contributed by atoms with Crippen molar-refractivity contribution in [3.05, 3.63) is 58.7 Å². The summed E-state index contributed by atoms with van der Waals surface area (Å²) in [5, 5.41) is 10.2. The Morgan fingerprint density at radius 2 is 1.89 bits per heavy atom. The Hall–Kier alpha value is -2.60. The number of ether oxygens (including phenoxy) is 1. The molecule has 1 fully saturated rings. The van der Waals surface area contributed by atoms with Crippen LogP contribution in [0.5, 0.6) is 5.88 Å². The normalized spacial score (nSPS) is 19.3. The summed E-state index contributed by atoms with van der Waals surface area (Å²) in [4.78, 5) is 30.2. The molecule has 1 aliphatic heterocycles. The van der Waals surface area contributed by atoms with Crippen LogP contribution in [0.2, 0.25) is 5.02 Å². The highest BCUT2D eigenvalue weighted by molar-refractivity contribution is 6.30. The highest BCUT2D eigenvalue weighted by atomic mass is 35.5. The van der Waals surface area contributed by atoms with E-state index in [1.165, 1.54) is 6.20 Å². The third kappa shape index (κ3) is 4.39. The van der Waals surface area contributed by atoms with E-state index in [1.807, 2.05) is 26.0 Å². The molecule has 2 aromatic rings. The van der Waals surface area contributed by atoms with Crippen LogP contribution in [0.3, 0.4) is 0 Å². The third-order valence-corrected chi connectivity index (χ3v) is 4.81. The molecule has 0 saturated carbocycles. The zero-order chi connectivity index (χ0) is 19.6. The lowest BCUT2D eigenvalue weighted by Crippen LogP contribution is -2.30. The number of carbonyl (C=O) groups is 2. The van der Waals surface area contributed by atoms with Gasteiger partial charge in [-0.3, -0.25) is 9.59 Å². The minimum atomic E-state index is -0.913. The number of carboxylic acid groups (broad SMARTS) is 1. The molecule has 0 bridgehead atoms. The lowest BCUT2D eigenvalue weighted by molar-refractivity contribution is -0.141. The molecule has 0 unspecified atom stereocenters. The Balaban J connectivity index is 1.77. The predicted octanol–water partition coefficient (Wildman–Crippen LogP) is 3.46. The molecule has 27 heavy (non-hydrogen) atoms. The standard InChI is InChI=1S/C20H21ClN2O4/c1-12(2)27-18-8-5-14(9-22-18)19(24)23-10-16(17(11-23)20(25)26)13-3-6-15(21)7-4-13/h3-9,12,16-17H,10-11H2,1-2H3,(H,25,26)/t16-,17+/m0/s1. The number of aromatic nitrogens is 1. The molecule has 0 radical (unpaired) electrons. The van der Waals surface area contributed by atoms with Crippen molar-refractivity contribution >= 4 is 23.5 Å². The summed E-state index contributed by atoms with van der Waals surface area (Å²) >= 11 is 5.92. The van der Waals surface area contributed by atoms with Crippen LogP contribution in [0, 0.1) is 5.92 Å². The predicted molar refractivity (Wildman–Crippen MR) is 101 cm³/mol. The molecule has 2 atom stereocenters. The maximum absolute atomic E-state index is 12.8. The number of aliphatic carboxylic acids is 1. The van der Waals surface area contributed by atoms with Crippen molar-refractivity contribution in [1.82, 2.24) is 9.88 Å². The zero-order valence-corrected chi connectivity index (χ0v) is 15.9. The van der Waals surface area contributed by atoms with E-state index in [1.54, 1.807) is 29.2 Å². The van der Waals surface area contributed by atoms with Gasteiger partial charge in [-0.15, -0.1) is 0 Å². The van der Waals surface area contributed by atoms with Crippen LogP contribution in [0.25, 0.3) is 0 Å². The molecule has 0 aliphatic carbocycles. The van der Waals surface area contributed by atoms with Gasteiger partial charge in [0.15, 0.2) is 0 Å². The van der Waals surface area contributed by atoms with Gasteiger partial charge in [-0.05, 0) is 37.6 Å². The lowest BCUT2D eigenvalue weighted by Gasteiger charge is -2.17. The second kappa shape index (κ2) is 7.96. The number of halogens is 1. The third-order valence-electron chi connectivity index (χ3n) is 4.56. The Morgan fingerprint density at radius 3 is 2.44 bits per heavy atom. The first-order valence-electron chi connectivity index (χ1n) is 8.75. The molecule has 1 saturated heterocycles. The molecule has 142 valence electrons. The monoisotopic (exact) mass is 388 g/mol. The van der Waals surface area contributed by atoms with Crippen LogP contribution >= 0.6 is 11.6 Å². The molecule has 1 amide bonds. The van der Waals surface area contributed by atoms with Crippen LogP contribution in [0.1, 0.15) is 35.7 Å². The van der Waals surface area contributed by atoms with Crippen LogP contribution < -0.4 is 4.74 Å². The van der Waals surface area contributed by atoms with Crippen LogP contribution in [0.15, 0.2) is 42.6 Å². The van der Waals surface area contributed by atoms with E-state index >= 15 is 0 Å². The van der Waals surface area contributed by atoms with Crippen LogP contribution in [-0.2, 0) is 4.79 Å². The van der Waals surface area contributed by atoms with E-state index in [2.05, 4.69) is 4.98 Å². The Kier molecular flexibility index (Phi) is 5.65. The smallest absolute Gasteiger partial charge is 0.308 e. The minimum absolute atomic E-state index is 0.00547. The van der Waals surface area contributed by atoms with Gasteiger partial charge in [-0.25, -0.2) is 4.98 Å². The molecule has 6 nitrogen and oxygen atoms in total. The van der Waals surface area contributed by atoms with Crippen molar-refractivity contribution in [1.29, 1.82) is 0 Å². The fourth-order valence-electron chi connectivity index (χ4n) is 3.27. The molecule has 2 heterocycles. The van der Waals surface area contributed by atoms with Crippen LogP contribution in [0.4, 0.5) is 0 Å². The second-order valence-corrected chi connectivity index (χ2v) is 7.30. The SMILES string of the molecule is CC(C)Oc1ccc(C(=O)N2C[C@@H](C(=O)O)[C@H](c3ccc(Cl)cc3)C2)cn1. The number of hydrogen-bond donors (Lipinski definition) is 1. The van der Waals surface area contributed by atoms with Crippen LogP contribution in [-0.4, -0.2) is 46.1 Å². The lowest BCUT2D eigenvalue weighted by atomic mass is 9.89. The summed E-state index contributed by atoms with van der Waals surface area (Å²) in [5.74, 6) is -1.64. The van der Waals surface area contributed by atoms with Crippen molar-refractivity contribution in [3.8, 4) is 5.88 Å². The Labute approximate surface area is 162 Å². The summed E-state index contributed by atoms with van der Waals surface area (Å²) in [7, 11) is 0. The van der Waals surface area contributed by atoms with Gasteiger partial charge in [0.25, 0.3) is 5.91 Å².